The fraction of sp³-hybridized carbons (Fsp3) is 0.636. The molecule has 4 aliphatic carbocycles. The Morgan fingerprint density at radius 3 is 2.11 bits per heavy atom. The Hall–Kier alpha value is -1.98. The average Bonchev–Trinajstić information content (AvgIpc) is 3.08. The third-order valence-electron chi connectivity index (χ3n) is 7.44. The largest absolute Gasteiger partial charge is 0.330 e. The molecule has 1 aromatic rings. The zero-order valence-electron chi connectivity index (χ0n) is 15.9. The van der Waals surface area contributed by atoms with E-state index in [4.69, 9.17) is 0 Å². The summed E-state index contributed by atoms with van der Waals surface area (Å²) in [5, 5.41) is 2.61. The van der Waals surface area contributed by atoms with Crippen LogP contribution in [0.2, 0.25) is 0 Å². The molecule has 1 atom stereocenters. The van der Waals surface area contributed by atoms with Crippen molar-refractivity contribution in [3.05, 3.63) is 29.8 Å². The van der Waals surface area contributed by atoms with Crippen LogP contribution in [0.15, 0.2) is 18.2 Å². The van der Waals surface area contributed by atoms with E-state index in [9.17, 15) is 18.4 Å². The molecular formula is C22H26F2N2O2. The first-order valence-corrected chi connectivity index (χ1v) is 10.5. The van der Waals surface area contributed by atoms with E-state index < -0.39 is 17.7 Å². The number of carbonyl (C=O) groups is 2. The highest BCUT2D eigenvalue weighted by atomic mass is 19.1. The number of hydrogen-bond acceptors (Lipinski definition) is 2. The summed E-state index contributed by atoms with van der Waals surface area (Å²) >= 11 is 0. The Morgan fingerprint density at radius 2 is 1.54 bits per heavy atom. The van der Waals surface area contributed by atoms with Gasteiger partial charge in [-0.25, -0.2) is 8.78 Å². The Balaban J connectivity index is 1.34. The molecule has 0 aromatic heterocycles. The second-order valence-electron chi connectivity index (χ2n) is 9.50. The molecule has 28 heavy (non-hydrogen) atoms. The number of likely N-dealkylation sites (tertiary alicyclic amines) is 1. The lowest BCUT2D eigenvalue weighted by molar-refractivity contribution is -0.160. The van der Waals surface area contributed by atoms with Gasteiger partial charge >= 0.3 is 0 Å². The first-order valence-electron chi connectivity index (χ1n) is 10.5. The number of hydrogen-bond donors (Lipinski definition) is 1. The topological polar surface area (TPSA) is 49.4 Å². The van der Waals surface area contributed by atoms with Gasteiger partial charge in [0.1, 0.15) is 17.7 Å². The lowest BCUT2D eigenvalue weighted by Gasteiger charge is -2.56. The average molecular weight is 388 g/mol. The van der Waals surface area contributed by atoms with Crippen LogP contribution in [0.5, 0.6) is 0 Å². The van der Waals surface area contributed by atoms with E-state index in [1.54, 1.807) is 4.90 Å². The van der Waals surface area contributed by atoms with Gasteiger partial charge in [0, 0.05) is 18.3 Å². The molecule has 150 valence electrons. The number of anilines is 1. The minimum Gasteiger partial charge on any atom is -0.330 e. The number of benzene rings is 1. The van der Waals surface area contributed by atoms with E-state index in [1.807, 2.05) is 0 Å². The molecule has 1 heterocycles. The molecule has 2 amide bonds. The monoisotopic (exact) mass is 388 g/mol. The van der Waals surface area contributed by atoms with Gasteiger partial charge in [0.05, 0.1) is 5.41 Å². The maximum atomic E-state index is 13.6. The zero-order valence-corrected chi connectivity index (χ0v) is 15.9. The van der Waals surface area contributed by atoms with Crippen molar-refractivity contribution in [3.8, 4) is 0 Å². The molecule has 6 rings (SSSR count). The number of nitrogens with one attached hydrogen (secondary N) is 1. The third-order valence-corrected chi connectivity index (χ3v) is 7.44. The van der Waals surface area contributed by atoms with Gasteiger partial charge in [-0.2, -0.15) is 0 Å². The van der Waals surface area contributed by atoms with Crippen LogP contribution < -0.4 is 5.32 Å². The molecule has 4 bridgehead atoms. The molecular weight excluding hydrogens is 362 g/mol. The number of amides is 2. The molecule has 1 aromatic carbocycles. The van der Waals surface area contributed by atoms with Gasteiger partial charge in [-0.15, -0.1) is 0 Å². The molecule has 4 saturated carbocycles. The van der Waals surface area contributed by atoms with Crippen molar-refractivity contribution in [1.29, 1.82) is 0 Å². The normalized spacial score (nSPS) is 36.0. The van der Waals surface area contributed by atoms with Gasteiger partial charge in [-0.05, 0) is 81.3 Å². The maximum Gasteiger partial charge on any atom is 0.247 e. The minimum absolute atomic E-state index is 0.0941. The van der Waals surface area contributed by atoms with Gasteiger partial charge in [0.25, 0.3) is 0 Å². The second-order valence-corrected chi connectivity index (χ2v) is 9.50. The van der Waals surface area contributed by atoms with Crippen LogP contribution in [0.3, 0.4) is 0 Å². The van der Waals surface area contributed by atoms with Crippen molar-refractivity contribution in [2.24, 2.45) is 23.2 Å². The summed E-state index contributed by atoms with van der Waals surface area (Å²) in [5.41, 5.74) is -0.181. The van der Waals surface area contributed by atoms with Crippen LogP contribution in [0, 0.1) is 34.8 Å². The van der Waals surface area contributed by atoms with Crippen LogP contribution >= 0.6 is 0 Å². The molecule has 4 nitrogen and oxygen atoms in total. The van der Waals surface area contributed by atoms with E-state index in [0.717, 1.165) is 43.9 Å². The van der Waals surface area contributed by atoms with Crippen molar-refractivity contribution in [3.63, 3.8) is 0 Å². The lowest BCUT2D eigenvalue weighted by Crippen LogP contribution is -2.56. The lowest BCUT2D eigenvalue weighted by atomic mass is 9.49. The first kappa shape index (κ1) is 18.1. The highest BCUT2D eigenvalue weighted by Crippen LogP contribution is 2.60. The molecule has 1 aliphatic heterocycles. The molecule has 0 unspecified atom stereocenters. The number of carbonyl (C=O) groups excluding carboxylic acids is 2. The number of nitrogens with zero attached hydrogens (tertiary/aromatic N) is 1. The highest BCUT2D eigenvalue weighted by Gasteiger charge is 2.56. The third kappa shape index (κ3) is 3.01. The van der Waals surface area contributed by atoms with E-state index in [0.29, 0.717) is 30.7 Å². The van der Waals surface area contributed by atoms with Crippen LogP contribution in [0.25, 0.3) is 0 Å². The Labute approximate surface area is 163 Å². The molecule has 0 spiro atoms. The summed E-state index contributed by atoms with van der Waals surface area (Å²) in [6.45, 7) is 0.593. The molecule has 1 saturated heterocycles. The van der Waals surface area contributed by atoms with Crippen LogP contribution in [0.4, 0.5) is 14.5 Å². The summed E-state index contributed by atoms with van der Waals surface area (Å²) in [6.07, 6.45) is 8.09. The van der Waals surface area contributed by atoms with Crippen molar-refractivity contribution in [1.82, 2.24) is 4.90 Å². The van der Waals surface area contributed by atoms with E-state index in [1.165, 1.54) is 19.3 Å². The first-order chi connectivity index (χ1) is 13.4. The molecule has 5 aliphatic rings. The fourth-order valence-electron chi connectivity index (χ4n) is 6.81. The van der Waals surface area contributed by atoms with Gasteiger partial charge in [0.2, 0.25) is 11.8 Å². The fourth-order valence-corrected chi connectivity index (χ4v) is 6.81. The molecule has 0 radical (unpaired) electrons. The molecule has 6 heteroatoms. The quantitative estimate of drug-likeness (QED) is 0.847. The van der Waals surface area contributed by atoms with Gasteiger partial charge in [0.15, 0.2) is 0 Å². The van der Waals surface area contributed by atoms with Crippen LogP contribution in [-0.2, 0) is 9.59 Å². The standard InChI is InChI=1S/C22H26F2N2O2/c23-16-7-17(24)9-18(8-16)25-20(27)19-2-1-3-26(19)21(28)22-10-13-4-14(11-22)6-15(5-13)12-22/h7-9,13-15,19H,1-6,10-12H2,(H,25,27)/t13?,14?,15?,19-,22?/m0/s1. The van der Waals surface area contributed by atoms with Crippen LogP contribution in [-0.4, -0.2) is 29.3 Å². The Morgan fingerprint density at radius 1 is 0.964 bits per heavy atom. The van der Waals surface area contributed by atoms with E-state index >= 15 is 0 Å². The molecule has 5 fully saturated rings. The maximum absolute atomic E-state index is 13.6. The summed E-state index contributed by atoms with van der Waals surface area (Å²) in [6, 6.07) is 2.42. The predicted octanol–water partition coefficient (Wildman–Crippen LogP) is 4.11. The van der Waals surface area contributed by atoms with Gasteiger partial charge in [-0.3, -0.25) is 9.59 Å². The predicted molar refractivity (Wildman–Crippen MR) is 100 cm³/mol. The summed E-state index contributed by atoms with van der Waals surface area (Å²) < 4.78 is 26.9. The summed E-state index contributed by atoms with van der Waals surface area (Å²) in [4.78, 5) is 28.2. The second kappa shape index (κ2) is 6.53. The summed E-state index contributed by atoms with van der Waals surface area (Å²) in [5.74, 6) is 0.336. The highest BCUT2D eigenvalue weighted by molar-refractivity contribution is 5.98. The van der Waals surface area contributed by atoms with Gasteiger partial charge in [-0.1, -0.05) is 0 Å². The van der Waals surface area contributed by atoms with Gasteiger partial charge < -0.3 is 10.2 Å². The number of rotatable bonds is 3. The number of halogens is 2. The Kier molecular flexibility index (Phi) is 4.21. The van der Waals surface area contributed by atoms with Crippen molar-refractivity contribution in [2.45, 2.75) is 57.4 Å². The van der Waals surface area contributed by atoms with E-state index in [2.05, 4.69) is 5.32 Å². The summed E-state index contributed by atoms with van der Waals surface area (Å²) in [7, 11) is 0. The minimum atomic E-state index is -0.733. The Bertz CT molecular complexity index is 769. The zero-order chi connectivity index (χ0) is 19.5. The SMILES string of the molecule is O=C(Nc1cc(F)cc(F)c1)[C@@H]1CCCN1C(=O)C12CC3CC(CC(C3)C1)C2. The van der Waals surface area contributed by atoms with Crippen molar-refractivity contribution >= 4 is 17.5 Å². The smallest absolute Gasteiger partial charge is 0.247 e. The van der Waals surface area contributed by atoms with E-state index in [-0.39, 0.29) is 22.9 Å². The van der Waals surface area contributed by atoms with Crippen molar-refractivity contribution < 1.29 is 18.4 Å². The van der Waals surface area contributed by atoms with Crippen LogP contribution in [0.1, 0.15) is 51.4 Å². The molecule has 1 N–H and O–H groups in total. The van der Waals surface area contributed by atoms with Crippen molar-refractivity contribution in [2.75, 3.05) is 11.9 Å².